The monoisotopic (exact) mass is 385 g/mol. The zero-order valence-electron chi connectivity index (χ0n) is 15.1. The van der Waals surface area contributed by atoms with Gasteiger partial charge in [0.2, 0.25) is 6.10 Å². The molecule has 1 unspecified atom stereocenters. The van der Waals surface area contributed by atoms with Crippen molar-refractivity contribution in [2.24, 2.45) is 0 Å². The Balaban J connectivity index is 1.64. The molecule has 0 saturated carbocycles. The molecule has 1 saturated heterocycles. The van der Waals surface area contributed by atoms with Crippen LogP contribution in [-0.4, -0.2) is 47.7 Å². The van der Waals surface area contributed by atoms with Crippen LogP contribution in [0.15, 0.2) is 60.7 Å². The molecular weight excluding hydrogens is 362 g/mol. The maximum atomic E-state index is 12.6. The average molecular weight is 385 g/mol. The number of ether oxygens (including phenoxy) is 2. The highest BCUT2D eigenvalue weighted by Gasteiger charge is 2.28. The highest BCUT2D eigenvalue weighted by Crippen LogP contribution is 2.14. The lowest BCUT2D eigenvalue weighted by Gasteiger charge is -2.27. The summed E-state index contributed by atoms with van der Waals surface area (Å²) in [6.07, 6.45) is -1.12. The third kappa shape index (κ3) is 6.03. The van der Waals surface area contributed by atoms with Crippen molar-refractivity contribution in [3.63, 3.8) is 0 Å². The minimum absolute atomic E-state index is 0.156. The van der Waals surface area contributed by atoms with Gasteiger partial charge in [0.15, 0.2) is 0 Å². The molecule has 1 aliphatic heterocycles. The zero-order valence-corrected chi connectivity index (χ0v) is 15.9. The third-order valence-corrected chi connectivity index (χ3v) is 5.21. The molecule has 0 radical (unpaired) electrons. The molecule has 0 N–H and O–H groups in total. The van der Waals surface area contributed by atoms with Gasteiger partial charge < -0.3 is 14.4 Å². The number of hydrogen-bond acceptors (Lipinski definition) is 5. The molecule has 1 atom stereocenters. The summed E-state index contributed by atoms with van der Waals surface area (Å²) in [5.74, 6) is 1.25. The average Bonchev–Trinajstić information content (AvgIpc) is 2.73. The molecule has 1 aliphatic rings. The molecule has 0 aliphatic carbocycles. The van der Waals surface area contributed by atoms with Crippen molar-refractivity contribution in [1.29, 1.82) is 0 Å². The summed E-state index contributed by atoms with van der Waals surface area (Å²) in [5, 5.41) is 0. The van der Waals surface area contributed by atoms with E-state index in [4.69, 9.17) is 9.47 Å². The second-order valence-corrected chi connectivity index (χ2v) is 7.48. The largest absolute Gasteiger partial charge is 0.458 e. The Bertz CT molecular complexity index is 732. The van der Waals surface area contributed by atoms with Crippen LogP contribution in [0.1, 0.15) is 11.1 Å². The minimum atomic E-state index is -0.960. The van der Waals surface area contributed by atoms with Gasteiger partial charge in [-0.2, -0.15) is 11.8 Å². The Hall–Kier alpha value is -2.47. The van der Waals surface area contributed by atoms with E-state index in [-0.39, 0.29) is 6.61 Å². The van der Waals surface area contributed by atoms with Gasteiger partial charge in [-0.3, -0.25) is 0 Å². The first-order chi connectivity index (χ1) is 13.2. The van der Waals surface area contributed by atoms with Crippen LogP contribution in [0.5, 0.6) is 0 Å². The highest BCUT2D eigenvalue weighted by molar-refractivity contribution is 7.99. The lowest BCUT2D eigenvalue weighted by molar-refractivity contribution is -0.155. The fourth-order valence-corrected chi connectivity index (χ4v) is 3.67. The Morgan fingerprint density at radius 1 is 0.926 bits per heavy atom. The molecule has 2 aromatic carbocycles. The molecule has 142 valence electrons. The number of thioether (sulfide) groups is 1. The second kappa shape index (κ2) is 10.0. The van der Waals surface area contributed by atoms with Gasteiger partial charge in [-0.15, -0.1) is 0 Å². The van der Waals surface area contributed by atoms with Gasteiger partial charge in [-0.25, -0.2) is 9.59 Å². The van der Waals surface area contributed by atoms with Gasteiger partial charge in [0.1, 0.15) is 6.61 Å². The molecule has 2 aromatic rings. The maximum absolute atomic E-state index is 12.6. The Morgan fingerprint density at radius 2 is 1.52 bits per heavy atom. The van der Waals surface area contributed by atoms with Gasteiger partial charge in [-0.1, -0.05) is 60.7 Å². The Kier molecular flexibility index (Phi) is 7.16. The predicted octanol–water partition coefficient (Wildman–Crippen LogP) is 3.53. The van der Waals surface area contributed by atoms with E-state index in [1.807, 2.05) is 72.4 Å². The van der Waals surface area contributed by atoms with Gasteiger partial charge in [0.05, 0.1) is 0 Å². The third-order valence-electron chi connectivity index (χ3n) is 4.26. The van der Waals surface area contributed by atoms with Gasteiger partial charge >= 0.3 is 12.1 Å². The molecule has 0 spiro atoms. The predicted molar refractivity (Wildman–Crippen MR) is 106 cm³/mol. The van der Waals surface area contributed by atoms with Crippen LogP contribution in [0.2, 0.25) is 0 Å². The standard InChI is InChI=1S/C21H23NO4S/c23-20(25-16-18-9-5-2-6-10-18)19(15-17-7-3-1-4-8-17)26-21(24)22-11-13-27-14-12-22/h1-10,19H,11-16H2. The van der Waals surface area contributed by atoms with Crippen LogP contribution in [0.25, 0.3) is 0 Å². The number of rotatable bonds is 6. The lowest BCUT2D eigenvalue weighted by atomic mass is 10.1. The molecule has 1 amide bonds. The summed E-state index contributed by atoms with van der Waals surface area (Å²) in [6.45, 7) is 1.43. The molecule has 6 heteroatoms. The van der Waals surface area contributed by atoms with E-state index in [0.717, 1.165) is 22.6 Å². The number of esters is 1. The van der Waals surface area contributed by atoms with E-state index in [2.05, 4.69) is 0 Å². The SMILES string of the molecule is O=C(OCc1ccccc1)C(Cc1ccccc1)OC(=O)N1CCSCC1. The van der Waals surface area contributed by atoms with Crippen molar-refractivity contribution in [2.45, 2.75) is 19.1 Å². The van der Waals surface area contributed by atoms with Crippen molar-refractivity contribution in [3.8, 4) is 0 Å². The van der Waals surface area contributed by atoms with Crippen LogP contribution in [-0.2, 0) is 27.3 Å². The summed E-state index contributed by atoms with van der Waals surface area (Å²) in [7, 11) is 0. The van der Waals surface area contributed by atoms with Crippen LogP contribution in [0.4, 0.5) is 4.79 Å². The van der Waals surface area contributed by atoms with Gasteiger partial charge in [-0.05, 0) is 11.1 Å². The fourth-order valence-electron chi connectivity index (χ4n) is 2.77. The van der Waals surface area contributed by atoms with Crippen molar-refractivity contribution in [1.82, 2.24) is 4.90 Å². The normalized spacial score (nSPS) is 15.0. The number of carbonyl (C=O) groups is 2. The van der Waals surface area contributed by atoms with E-state index in [1.54, 1.807) is 4.90 Å². The molecule has 1 heterocycles. The van der Waals surface area contributed by atoms with Crippen molar-refractivity contribution in [2.75, 3.05) is 24.6 Å². The van der Waals surface area contributed by atoms with Crippen LogP contribution in [0.3, 0.4) is 0 Å². The highest BCUT2D eigenvalue weighted by atomic mass is 32.2. The summed E-state index contributed by atoms with van der Waals surface area (Å²) in [4.78, 5) is 26.7. The first kappa shape index (κ1) is 19.3. The molecule has 0 bridgehead atoms. The zero-order chi connectivity index (χ0) is 18.9. The fraction of sp³-hybridized carbons (Fsp3) is 0.333. The molecule has 3 rings (SSSR count). The molecule has 5 nitrogen and oxygen atoms in total. The maximum Gasteiger partial charge on any atom is 0.410 e. The number of hydrogen-bond donors (Lipinski definition) is 0. The van der Waals surface area contributed by atoms with Gasteiger partial charge in [0.25, 0.3) is 0 Å². The molecular formula is C21H23NO4S. The van der Waals surface area contributed by atoms with E-state index >= 15 is 0 Å². The number of carbonyl (C=O) groups excluding carboxylic acids is 2. The second-order valence-electron chi connectivity index (χ2n) is 6.25. The Labute approximate surface area is 163 Å². The molecule has 0 aromatic heterocycles. The van der Waals surface area contributed by atoms with Crippen LogP contribution >= 0.6 is 11.8 Å². The summed E-state index contributed by atoms with van der Waals surface area (Å²) in [6, 6.07) is 19.0. The van der Waals surface area contributed by atoms with Crippen LogP contribution < -0.4 is 0 Å². The van der Waals surface area contributed by atoms with E-state index in [1.165, 1.54) is 0 Å². The number of benzene rings is 2. The summed E-state index contributed by atoms with van der Waals surface area (Å²) in [5.41, 5.74) is 1.81. The first-order valence-electron chi connectivity index (χ1n) is 9.00. The van der Waals surface area contributed by atoms with Crippen LogP contribution in [0, 0.1) is 0 Å². The first-order valence-corrected chi connectivity index (χ1v) is 10.2. The summed E-state index contributed by atoms with van der Waals surface area (Å²) < 4.78 is 11.0. The van der Waals surface area contributed by atoms with Gasteiger partial charge in [0, 0.05) is 31.0 Å². The summed E-state index contributed by atoms with van der Waals surface area (Å²) >= 11 is 1.81. The smallest absolute Gasteiger partial charge is 0.410 e. The molecule has 27 heavy (non-hydrogen) atoms. The number of amides is 1. The number of nitrogens with zero attached hydrogens (tertiary/aromatic N) is 1. The lowest BCUT2D eigenvalue weighted by Crippen LogP contribution is -2.42. The quantitative estimate of drug-likeness (QED) is 0.712. The van der Waals surface area contributed by atoms with Crippen molar-refractivity contribution < 1.29 is 19.1 Å². The minimum Gasteiger partial charge on any atom is -0.458 e. The van der Waals surface area contributed by atoms with E-state index in [0.29, 0.717) is 19.5 Å². The molecule has 1 fully saturated rings. The van der Waals surface area contributed by atoms with Crippen molar-refractivity contribution in [3.05, 3.63) is 71.8 Å². The van der Waals surface area contributed by atoms with E-state index in [9.17, 15) is 9.59 Å². The van der Waals surface area contributed by atoms with Crippen molar-refractivity contribution >= 4 is 23.8 Å². The Morgan fingerprint density at radius 3 is 2.15 bits per heavy atom. The van der Waals surface area contributed by atoms with E-state index < -0.39 is 18.2 Å². The topological polar surface area (TPSA) is 55.8 Å².